The number of rotatable bonds is 5. The average molecular weight is 348 g/mol. The topological polar surface area (TPSA) is 58.2 Å². The number of benzene rings is 2. The van der Waals surface area contributed by atoms with Gasteiger partial charge in [-0.1, -0.05) is 49.6 Å². The molecule has 4 heteroatoms. The standard InChI is InChI=1S/C22H24N2O2/c25-21(16-11-17-7-3-1-4-8-17)23-20-14-12-18(13-15-20)22(26)24-19-9-5-2-6-10-19/h1,3-4,7-8,11-16,19H,2,5-6,9-10H2,(H,23,25)(H,24,26)/b16-11+. The molecule has 0 heterocycles. The lowest BCUT2D eigenvalue weighted by atomic mass is 9.95. The number of anilines is 1. The molecule has 2 N–H and O–H groups in total. The van der Waals surface area contributed by atoms with Crippen LogP contribution in [0.5, 0.6) is 0 Å². The Kier molecular flexibility index (Phi) is 6.20. The monoisotopic (exact) mass is 348 g/mol. The third-order valence-corrected chi connectivity index (χ3v) is 4.58. The van der Waals surface area contributed by atoms with Crippen molar-refractivity contribution in [1.82, 2.24) is 5.32 Å². The van der Waals surface area contributed by atoms with Crippen molar-refractivity contribution in [2.75, 3.05) is 5.32 Å². The molecule has 1 fully saturated rings. The van der Waals surface area contributed by atoms with Gasteiger partial charge in [-0.3, -0.25) is 9.59 Å². The molecule has 0 aliphatic heterocycles. The molecule has 0 aromatic heterocycles. The van der Waals surface area contributed by atoms with Crippen LogP contribution in [0.1, 0.15) is 48.0 Å². The molecule has 2 aromatic carbocycles. The minimum Gasteiger partial charge on any atom is -0.349 e. The highest BCUT2D eigenvalue weighted by Gasteiger charge is 2.16. The van der Waals surface area contributed by atoms with E-state index in [0.717, 1.165) is 18.4 Å². The highest BCUT2D eigenvalue weighted by molar-refractivity contribution is 6.02. The largest absolute Gasteiger partial charge is 0.349 e. The number of amides is 2. The van der Waals surface area contributed by atoms with Gasteiger partial charge in [-0.2, -0.15) is 0 Å². The highest BCUT2D eigenvalue weighted by atomic mass is 16.2. The van der Waals surface area contributed by atoms with Gasteiger partial charge in [-0.15, -0.1) is 0 Å². The zero-order chi connectivity index (χ0) is 18.2. The molecule has 0 saturated heterocycles. The number of carbonyl (C=O) groups is 2. The molecular formula is C22H24N2O2. The molecule has 3 rings (SSSR count). The molecular weight excluding hydrogens is 324 g/mol. The molecule has 0 spiro atoms. The molecule has 1 aliphatic carbocycles. The maximum atomic E-state index is 12.3. The zero-order valence-corrected chi connectivity index (χ0v) is 14.8. The van der Waals surface area contributed by atoms with Crippen molar-refractivity contribution in [2.24, 2.45) is 0 Å². The van der Waals surface area contributed by atoms with Gasteiger partial charge in [0.1, 0.15) is 0 Å². The van der Waals surface area contributed by atoms with Gasteiger partial charge in [0.05, 0.1) is 0 Å². The summed E-state index contributed by atoms with van der Waals surface area (Å²) >= 11 is 0. The van der Waals surface area contributed by atoms with Crippen LogP contribution in [0.15, 0.2) is 60.7 Å². The van der Waals surface area contributed by atoms with Crippen molar-refractivity contribution in [3.8, 4) is 0 Å². The van der Waals surface area contributed by atoms with Crippen molar-refractivity contribution >= 4 is 23.6 Å². The predicted molar refractivity (Wildman–Crippen MR) is 105 cm³/mol. The predicted octanol–water partition coefficient (Wildman–Crippen LogP) is 4.40. The van der Waals surface area contributed by atoms with E-state index in [1.54, 1.807) is 30.3 Å². The van der Waals surface area contributed by atoms with Gasteiger partial charge in [0.2, 0.25) is 5.91 Å². The Morgan fingerprint density at radius 2 is 1.58 bits per heavy atom. The van der Waals surface area contributed by atoms with E-state index >= 15 is 0 Å². The van der Waals surface area contributed by atoms with Gasteiger partial charge in [0, 0.05) is 23.4 Å². The summed E-state index contributed by atoms with van der Waals surface area (Å²) in [7, 11) is 0. The fraction of sp³-hybridized carbons (Fsp3) is 0.273. The summed E-state index contributed by atoms with van der Waals surface area (Å²) in [6.07, 6.45) is 9.03. The van der Waals surface area contributed by atoms with E-state index in [2.05, 4.69) is 10.6 Å². The van der Waals surface area contributed by atoms with Crippen molar-refractivity contribution < 1.29 is 9.59 Å². The summed E-state index contributed by atoms with van der Waals surface area (Å²) in [5.41, 5.74) is 2.26. The highest BCUT2D eigenvalue weighted by Crippen LogP contribution is 2.18. The van der Waals surface area contributed by atoms with Crippen LogP contribution in [0.25, 0.3) is 6.08 Å². The fourth-order valence-electron chi connectivity index (χ4n) is 3.14. The SMILES string of the molecule is O=C(/C=C/c1ccccc1)Nc1ccc(C(=O)NC2CCCCC2)cc1. The van der Waals surface area contributed by atoms with Gasteiger partial charge in [0.25, 0.3) is 5.91 Å². The first kappa shape index (κ1) is 17.9. The Bertz CT molecular complexity index is 760. The molecule has 2 amide bonds. The Hall–Kier alpha value is -2.88. The van der Waals surface area contributed by atoms with E-state index in [0.29, 0.717) is 17.3 Å². The number of carbonyl (C=O) groups excluding carboxylic acids is 2. The van der Waals surface area contributed by atoms with Gasteiger partial charge in [-0.25, -0.2) is 0 Å². The lowest BCUT2D eigenvalue weighted by Gasteiger charge is -2.22. The molecule has 4 nitrogen and oxygen atoms in total. The van der Waals surface area contributed by atoms with E-state index in [1.165, 1.54) is 25.3 Å². The van der Waals surface area contributed by atoms with Crippen molar-refractivity contribution in [1.29, 1.82) is 0 Å². The van der Waals surface area contributed by atoms with Crippen LogP contribution in [0.2, 0.25) is 0 Å². The van der Waals surface area contributed by atoms with Crippen LogP contribution in [0, 0.1) is 0 Å². The van der Waals surface area contributed by atoms with E-state index in [4.69, 9.17) is 0 Å². The summed E-state index contributed by atoms with van der Waals surface area (Å²) < 4.78 is 0. The lowest BCUT2D eigenvalue weighted by molar-refractivity contribution is -0.111. The number of hydrogen-bond acceptors (Lipinski definition) is 2. The number of nitrogens with one attached hydrogen (secondary N) is 2. The maximum Gasteiger partial charge on any atom is 0.251 e. The molecule has 2 aromatic rings. The molecule has 0 atom stereocenters. The average Bonchev–Trinajstić information content (AvgIpc) is 2.68. The zero-order valence-electron chi connectivity index (χ0n) is 14.8. The van der Waals surface area contributed by atoms with Crippen LogP contribution < -0.4 is 10.6 Å². The Morgan fingerprint density at radius 3 is 2.27 bits per heavy atom. The maximum absolute atomic E-state index is 12.3. The normalized spacial score (nSPS) is 14.9. The van der Waals surface area contributed by atoms with Crippen LogP contribution >= 0.6 is 0 Å². The molecule has 134 valence electrons. The Labute approximate surface area is 154 Å². The van der Waals surface area contributed by atoms with Crippen LogP contribution in [-0.4, -0.2) is 17.9 Å². The van der Waals surface area contributed by atoms with E-state index in [1.807, 2.05) is 30.3 Å². The Balaban J connectivity index is 1.52. The first-order valence-corrected chi connectivity index (χ1v) is 9.16. The third-order valence-electron chi connectivity index (χ3n) is 4.58. The summed E-state index contributed by atoms with van der Waals surface area (Å²) in [5.74, 6) is -0.244. The van der Waals surface area contributed by atoms with Crippen LogP contribution in [0.3, 0.4) is 0 Å². The van der Waals surface area contributed by atoms with E-state index in [9.17, 15) is 9.59 Å². The second-order valence-electron chi connectivity index (χ2n) is 6.62. The first-order chi connectivity index (χ1) is 12.7. The molecule has 1 saturated carbocycles. The van der Waals surface area contributed by atoms with Crippen LogP contribution in [0.4, 0.5) is 5.69 Å². The molecule has 26 heavy (non-hydrogen) atoms. The minimum atomic E-state index is -0.201. The van der Waals surface area contributed by atoms with Crippen molar-refractivity contribution in [3.63, 3.8) is 0 Å². The van der Waals surface area contributed by atoms with Gasteiger partial charge in [0.15, 0.2) is 0 Å². The minimum absolute atomic E-state index is 0.0428. The molecule has 0 radical (unpaired) electrons. The van der Waals surface area contributed by atoms with Gasteiger partial charge < -0.3 is 10.6 Å². The molecule has 0 unspecified atom stereocenters. The van der Waals surface area contributed by atoms with Crippen molar-refractivity contribution in [2.45, 2.75) is 38.1 Å². The second kappa shape index (κ2) is 8.99. The second-order valence-corrected chi connectivity index (χ2v) is 6.62. The summed E-state index contributed by atoms with van der Waals surface area (Å²) in [4.78, 5) is 24.3. The third kappa shape index (κ3) is 5.31. The molecule has 1 aliphatic rings. The van der Waals surface area contributed by atoms with E-state index in [-0.39, 0.29) is 11.8 Å². The summed E-state index contributed by atoms with van der Waals surface area (Å²) in [6, 6.07) is 16.9. The van der Waals surface area contributed by atoms with Gasteiger partial charge in [-0.05, 0) is 48.7 Å². The van der Waals surface area contributed by atoms with E-state index < -0.39 is 0 Å². The number of hydrogen-bond donors (Lipinski definition) is 2. The van der Waals surface area contributed by atoms with Crippen LogP contribution in [-0.2, 0) is 4.79 Å². The lowest BCUT2D eigenvalue weighted by Crippen LogP contribution is -2.36. The Morgan fingerprint density at radius 1 is 0.885 bits per heavy atom. The fourth-order valence-corrected chi connectivity index (χ4v) is 3.14. The van der Waals surface area contributed by atoms with Gasteiger partial charge >= 0.3 is 0 Å². The quantitative estimate of drug-likeness (QED) is 0.787. The molecule has 0 bridgehead atoms. The smallest absolute Gasteiger partial charge is 0.251 e. The summed E-state index contributed by atoms with van der Waals surface area (Å²) in [5, 5.41) is 5.90. The summed E-state index contributed by atoms with van der Waals surface area (Å²) in [6.45, 7) is 0. The van der Waals surface area contributed by atoms with Crippen molar-refractivity contribution in [3.05, 3.63) is 71.8 Å². The first-order valence-electron chi connectivity index (χ1n) is 9.16.